The highest BCUT2D eigenvalue weighted by Crippen LogP contribution is 2.32. The lowest BCUT2D eigenvalue weighted by molar-refractivity contribution is 0.266. The van der Waals surface area contributed by atoms with Crippen molar-refractivity contribution in [3.05, 3.63) is 93.5 Å². The van der Waals surface area contributed by atoms with Crippen molar-refractivity contribution in [2.24, 2.45) is 0 Å². The van der Waals surface area contributed by atoms with Gasteiger partial charge in [-0.05, 0) is 49.7 Å². The van der Waals surface area contributed by atoms with Crippen LogP contribution in [-0.4, -0.2) is 13.2 Å². The van der Waals surface area contributed by atoms with E-state index < -0.39 is 0 Å². The molecule has 0 fully saturated rings. The Morgan fingerprint density at radius 1 is 0.828 bits per heavy atom. The normalized spacial score (nSPS) is 10.7. The highest BCUT2D eigenvalue weighted by Gasteiger charge is 2.12. The predicted molar refractivity (Wildman–Crippen MR) is 120 cm³/mol. The van der Waals surface area contributed by atoms with Gasteiger partial charge in [0.05, 0.1) is 6.61 Å². The Labute approximate surface area is 182 Å². The number of rotatable bonds is 10. The van der Waals surface area contributed by atoms with Gasteiger partial charge in [0.25, 0.3) is 0 Å². The van der Waals surface area contributed by atoms with Gasteiger partial charge in [0.2, 0.25) is 0 Å². The lowest BCUT2D eigenvalue weighted by atomic mass is 10.1. The maximum Gasteiger partial charge on any atom is 0.166 e. The summed E-state index contributed by atoms with van der Waals surface area (Å²) < 4.78 is 11.9. The fourth-order valence-electron chi connectivity index (χ4n) is 3.01. The maximum atomic E-state index is 6.27. The molecular formula is C24H25Cl2NO2. The Morgan fingerprint density at radius 2 is 1.59 bits per heavy atom. The molecule has 0 heterocycles. The van der Waals surface area contributed by atoms with Gasteiger partial charge in [-0.25, -0.2) is 0 Å². The molecule has 3 aromatic rings. The zero-order valence-electron chi connectivity index (χ0n) is 16.5. The van der Waals surface area contributed by atoms with Gasteiger partial charge in [-0.15, -0.1) is 0 Å². The van der Waals surface area contributed by atoms with Crippen molar-refractivity contribution in [2.45, 2.75) is 26.5 Å². The minimum absolute atomic E-state index is 0.390. The fraction of sp³-hybridized carbons (Fsp3) is 0.250. The van der Waals surface area contributed by atoms with E-state index in [9.17, 15) is 0 Å². The van der Waals surface area contributed by atoms with Crippen LogP contribution in [0, 0.1) is 0 Å². The molecule has 0 aliphatic carbocycles. The zero-order chi connectivity index (χ0) is 20.5. The second kappa shape index (κ2) is 11.1. The SMILES string of the molecule is CCOc1cccc(CNCCc2ccc(Cl)cc2)c1OCc1ccccc1Cl. The molecule has 0 aliphatic heterocycles. The molecule has 3 aromatic carbocycles. The van der Waals surface area contributed by atoms with Crippen molar-refractivity contribution < 1.29 is 9.47 Å². The molecule has 0 radical (unpaired) electrons. The molecule has 0 atom stereocenters. The van der Waals surface area contributed by atoms with Crippen LogP contribution in [0.5, 0.6) is 11.5 Å². The lowest BCUT2D eigenvalue weighted by Gasteiger charge is -2.17. The minimum atomic E-state index is 0.390. The third-order valence-corrected chi connectivity index (χ3v) is 5.13. The second-order valence-electron chi connectivity index (χ2n) is 6.61. The summed E-state index contributed by atoms with van der Waals surface area (Å²) >= 11 is 12.2. The first-order chi connectivity index (χ1) is 14.2. The van der Waals surface area contributed by atoms with E-state index in [-0.39, 0.29) is 0 Å². The molecule has 152 valence electrons. The van der Waals surface area contributed by atoms with Gasteiger partial charge in [-0.1, -0.05) is 65.7 Å². The van der Waals surface area contributed by atoms with Crippen LogP contribution in [0.15, 0.2) is 66.7 Å². The van der Waals surface area contributed by atoms with Gasteiger partial charge in [0, 0.05) is 27.7 Å². The van der Waals surface area contributed by atoms with Crippen LogP contribution < -0.4 is 14.8 Å². The highest BCUT2D eigenvalue weighted by molar-refractivity contribution is 6.31. The van der Waals surface area contributed by atoms with Crippen LogP contribution in [0.4, 0.5) is 0 Å². The number of benzene rings is 3. The van der Waals surface area contributed by atoms with Crippen LogP contribution in [-0.2, 0) is 19.6 Å². The summed E-state index contributed by atoms with van der Waals surface area (Å²) in [5.74, 6) is 1.50. The monoisotopic (exact) mass is 429 g/mol. The number of halogens is 2. The first-order valence-electron chi connectivity index (χ1n) is 9.73. The number of nitrogens with one attached hydrogen (secondary N) is 1. The van der Waals surface area contributed by atoms with Gasteiger partial charge in [-0.3, -0.25) is 0 Å². The van der Waals surface area contributed by atoms with Gasteiger partial charge in [-0.2, -0.15) is 0 Å². The van der Waals surface area contributed by atoms with Crippen LogP contribution >= 0.6 is 23.2 Å². The minimum Gasteiger partial charge on any atom is -0.490 e. The molecule has 3 rings (SSSR count). The van der Waals surface area contributed by atoms with Crippen molar-refractivity contribution in [3.63, 3.8) is 0 Å². The molecule has 0 aliphatic rings. The second-order valence-corrected chi connectivity index (χ2v) is 7.45. The Kier molecular flexibility index (Phi) is 8.24. The van der Waals surface area contributed by atoms with Gasteiger partial charge < -0.3 is 14.8 Å². The summed E-state index contributed by atoms with van der Waals surface area (Å²) in [5.41, 5.74) is 3.25. The van der Waals surface area contributed by atoms with Crippen LogP contribution in [0.25, 0.3) is 0 Å². The molecule has 29 heavy (non-hydrogen) atoms. The van der Waals surface area contributed by atoms with Gasteiger partial charge >= 0.3 is 0 Å². The quantitative estimate of drug-likeness (QED) is 0.383. The lowest BCUT2D eigenvalue weighted by Crippen LogP contribution is -2.17. The topological polar surface area (TPSA) is 30.5 Å². The Bertz CT molecular complexity index is 913. The molecule has 0 saturated heterocycles. The average Bonchev–Trinajstić information content (AvgIpc) is 2.73. The molecule has 0 bridgehead atoms. The van der Waals surface area contributed by atoms with Crippen molar-refractivity contribution in [1.82, 2.24) is 5.32 Å². The molecule has 1 N–H and O–H groups in total. The van der Waals surface area contributed by atoms with E-state index in [0.717, 1.165) is 40.6 Å². The van der Waals surface area contributed by atoms with E-state index in [1.165, 1.54) is 5.56 Å². The Morgan fingerprint density at radius 3 is 2.34 bits per heavy atom. The van der Waals surface area contributed by atoms with E-state index in [4.69, 9.17) is 32.7 Å². The van der Waals surface area contributed by atoms with Crippen molar-refractivity contribution in [3.8, 4) is 11.5 Å². The van der Waals surface area contributed by atoms with Crippen LogP contribution in [0.2, 0.25) is 10.0 Å². The third-order valence-electron chi connectivity index (χ3n) is 4.51. The zero-order valence-corrected chi connectivity index (χ0v) is 18.0. The van der Waals surface area contributed by atoms with E-state index in [1.807, 2.05) is 55.5 Å². The Hall–Kier alpha value is -2.20. The number of para-hydroxylation sites is 1. The first-order valence-corrected chi connectivity index (χ1v) is 10.5. The van der Waals surface area contributed by atoms with Crippen molar-refractivity contribution in [2.75, 3.05) is 13.2 Å². The molecular weight excluding hydrogens is 405 g/mol. The summed E-state index contributed by atoms with van der Waals surface area (Å²) in [6, 6.07) is 21.6. The molecule has 0 amide bonds. The molecule has 0 spiro atoms. The summed E-state index contributed by atoms with van der Waals surface area (Å²) in [7, 11) is 0. The molecule has 5 heteroatoms. The fourth-order valence-corrected chi connectivity index (χ4v) is 3.32. The molecule has 0 unspecified atom stereocenters. The van der Waals surface area contributed by atoms with Gasteiger partial charge in [0.1, 0.15) is 6.61 Å². The number of hydrogen-bond donors (Lipinski definition) is 1. The van der Waals surface area contributed by atoms with Crippen LogP contribution in [0.3, 0.4) is 0 Å². The summed E-state index contributed by atoms with van der Waals surface area (Å²) in [6.45, 7) is 4.48. The summed E-state index contributed by atoms with van der Waals surface area (Å²) in [5, 5.41) is 4.95. The molecule has 3 nitrogen and oxygen atoms in total. The van der Waals surface area contributed by atoms with Crippen molar-refractivity contribution >= 4 is 23.2 Å². The number of hydrogen-bond acceptors (Lipinski definition) is 3. The van der Waals surface area contributed by atoms with E-state index in [1.54, 1.807) is 0 Å². The van der Waals surface area contributed by atoms with E-state index >= 15 is 0 Å². The van der Waals surface area contributed by atoms with Crippen LogP contribution in [0.1, 0.15) is 23.6 Å². The first kappa shape index (κ1) is 21.5. The summed E-state index contributed by atoms with van der Waals surface area (Å²) in [4.78, 5) is 0. The Balaban J connectivity index is 1.64. The number of ether oxygens (including phenoxy) is 2. The molecule has 0 aromatic heterocycles. The van der Waals surface area contributed by atoms with Crippen molar-refractivity contribution in [1.29, 1.82) is 0 Å². The van der Waals surface area contributed by atoms with E-state index in [0.29, 0.717) is 24.8 Å². The summed E-state index contributed by atoms with van der Waals surface area (Å²) in [6.07, 6.45) is 0.929. The van der Waals surface area contributed by atoms with Gasteiger partial charge in [0.15, 0.2) is 11.5 Å². The highest BCUT2D eigenvalue weighted by atomic mass is 35.5. The van der Waals surface area contributed by atoms with E-state index in [2.05, 4.69) is 23.5 Å². The predicted octanol–water partition coefficient (Wildman–Crippen LogP) is 6.30. The maximum absolute atomic E-state index is 6.27. The smallest absolute Gasteiger partial charge is 0.166 e. The third kappa shape index (κ3) is 6.40. The average molecular weight is 430 g/mol. The standard InChI is InChI=1S/C24H25Cl2NO2/c1-2-28-23-9-5-7-19(16-27-15-14-18-10-12-21(25)13-11-18)24(23)29-17-20-6-3-4-8-22(20)26/h3-13,27H,2,14-17H2,1H3. The molecule has 0 saturated carbocycles. The largest absolute Gasteiger partial charge is 0.490 e.